The molecule has 1 aliphatic heterocycles. The number of nitrogens with two attached hydrogens (primary N) is 1. The first-order valence-corrected chi connectivity index (χ1v) is 10.9. The molecule has 3 amide bonds. The van der Waals surface area contributed by atoms with Crippen molar-refractivity contribution in [2.75, 3.05) is 26.2 Å². The second-order valence-electron chi connectivity index (χ2n) is 7.97. The minimum Gasteiger partial charge on any atom is -0.352 e. The Morgan fingerprint density at radius 1 is 0.781 bits per heavy atom. The maximum atomic E-state index is 13.0. The Kier molecular flexibility index (Phi) is 6.82. The van der Waals surface area contributed by atoms with E-state index in [2.05, 4.69) is 58.7 Å². The zero-order valence-electron chi connectivity index (χ0n) is 18.0. The minimum absolute atomic E-state index is 0.0371. The first-order chi connectivity index (χ1) is 15.6. The van der Waals surface area contributed by atoms with E-state index in [1.807, 2.05) is 41.3 Å². The van der Waals surface area contributed by atoms with E-state index >= 15 is 0 Å². The summed E-state index contributed by atoms with van der Waals surface area (Å²) >= 11 is 0. The van der Waals surface area contributed by atoms with Gasteiger partial charge in [-0.1, -0.05) is 72.8 Å². The van der Waals surface area contributed by atoms with Crippen molar-refractivity contribution < 1.29 is 9.59 Å². The molecule has 3 aromatic carbocycles. The lowest BCUT2D eigenvalue weighted by molar-refractivity contribution is 0.0597. The summed E-state index contributed by atoms with van der Waals surface area (Å²) in [7, 11) is 0. The predicted octanol–water partition coefficient (Wildman–Crippen LogP) is 3.40. The summed E-state index contributed by atoms with van der Waals surface area (Å²) in [6.07, 6.45) is 0. The Morgan fingerprint density at radius 2 is 1.31 bits per heavy atom. The van der Waals surface area contributed by atoms with Gasteiger partial charge in [-0.25, -0.2) is 4.79 Å². The normalized spacial score (nSPS) is 14.3. The molecule has 6 nitrogen and oxygen atoms in total. The van der Waals surface area contributed by atoms with Gasteiger partial charge in [0.15, 0.2) is 0 Å². The molecule has 164 valence electrons. The number of piperazine rings is 1. The van der Waals surface area contributed by atoms with Gasteiger partial charge in [0.2, 0.25) is 0 Å². The van der Waals surface area contributed by atoms with Crippen molar-refractivity contribution in [2.45, 2.75) is 12.6 Å². The van der Waals surface area contributed by atoms with Crippen LogP contribution in [0.1, 0.15) is 33.1 Å². The highest BCUT2D eigenvalue weighted by Crippen LogP contribution is 2.29. The summed E-state index contributed by atoms with van der Waals surface area (Å²) in [6.45, 7) is 3.32. The van der Waals surface area contributed by atoms with E-state index in [4.69, 9.17) is 5.73 Å². The van der Waals surface area contributed by atoms with Crippen LogP contribution in [0.3, 0.4) is 0 Å². The van der Waals surface area contributed by atoms with E-state index in [-0.39, 0.29) is 11.9 Å². The first-order valence-electron chi connectivity index (χ1n) is 10.9. The summed E-state index contributed by atoms with van der Waals surface area (Å²) in [5.41, 5.74) is 9.19. The summed E-state index contributed by atoms with van der Waals surface area (Å²) in [5.74, 6) is 0.0371. The Balaban J connectivity index is 1.42. The zero-order chi connectivity index (χ0) is 22.3. The molecule has 0 aromatic heterocycles. The highest BCUT2D eigenvalue weighted by molar-refractivity contribution is 5.94. The Morgan fingerprint density at radius 3 is 1.81 bits per heavy atom. The maximum absolute atomic E-state index is 13.0. The number of rotatable bonds is 6. The molecule has 1 aliphatic rings. The van der Waals surface area contributed by atoms with E-state index in [1.165, 1.54) is 11.1 Å². The second-order valence-corrected chi connectivity index (χ2v) is 7.97. The summed E-state index contributed by atoms with van der Waals surface area (Å²) < 4.78 is 0. The Labute approximate surface area is 188 Å². The molecule has 0 bridgehead atoms. The number of nitrogens with zero attached hydrogens (tertiary/aromatic N) is 2. The lowest BCUT2D eigenvalue weighted by atomic mass is 9.96. The molecule has 6 heteroatoms. The van der Waals surface area contributed by atoms with Crippen molar-refractivity contribution in [3.05, 3.63) is 107 Å². The summed E-state index contributed by atoms with van der Waals surface area (Å²) in [6, 6.07) is 28.0. The van der Waals surface area contributed by atoms with Crippen LogP contribution in [0.5, 0.6) is 0 Å². The number of primary amides is 1. The van der Waals surface area contributed by atoms with Gasteiger partial charge in [0.25, 0.3) is 5.91 Å². The standard InChI is InChI=1S/C26H28N4O2/c27-26(32)28-19-20-11-13-23(14-12-20)25(31)30-17-15-29(16-18-30)24(21-7-3-1-4-8-21)22-9-5-2-6-10-22/h1-14,24H,15-19H2,(H3,27,28,32). The van der Waals surface area contributed by atoms with Gasteiger partial charge in [0, 0.05) is 38.3 Å². The van der Waals surface area contributed by atoms with Crippen LogP contribution in [0.2, 0.25) is 0 Å². The van der Waals surface area contributed by atoms with E-state index in [0.717, 1.165) is 18.7 Å². The third kappa shape index (κ3) is 5.15. The topological polar surface area (TPSA) is 78.7 Å². The molecule has 1 fully saturated rings. The predicted molar refractivity (Wildman–Crippen MR) is 125 cm³/mol. The van der Waals surface area contributed by atoms with Gasteiger partial charge in [-0.3, -0.25) is 9.69 Å². The van der Waals surface area contributed by atoms with E-state index < -0.39 is 6.03 Å². The quantitative estimate of drug-likeness (QED) is 0.632. The fourth-order valence-corrected chi connectivity index (χ4v) is 4.20. The molecule has 0 spiro atoms. The Hall–Kier alpha value is -3.64. The van der Waals surface area contributed by atoms with E-state index in [1.54, 1.807) is 0 Å². The van der Waals surface area contributed by atoms with Gasteiger partial charge in [-0.15, -0.1) is 0 Å². The average Bonchev–Trinajstić information content (AvgIpc) is 2.85. The maximum Gasteiger partial charge on any atom is 0.312 e. The molecule has 1 saturated heterocycles. The molecule has 3 N–H and O–H groups in total. The van der Waals surface area contributed by atoms with Crippen molar-refractivity contribution in [1.29, 1.82) is 0 Å². The number of carbonyl (C=O) groups excluding carboxylic acids is 2. The highest BCUT2D eigenvalue weighted by Gasteiger charge is 2.28. The molecule has 0 radical (unpaired) electrons. The molecular weight excluding hydrogens is 400 g/mol. The minimum atomic E-state index is -0.563. The third-order valence-electron chi connectivity index (χ3n) is 5.86. The van der Waals surface area contributed by atoms with Gasteiger partial charge >= 0.3 is 6.03 Å². The van der Waals surface area contributed by atoms with Gasteiger partial charge in [-0.05, 0) is 28.8 Å². The fourth-order valence-electron chi connectivity index (χ4n) is 4.20. The summed E-state index contributed by atoms with van der Waals surface area (Å²) in [4.78, 5) is 28.2. The van der Waals surface area contributed by atoms with Crippen molar-refractivity contribution >= 4 is 11.9 Å². The number of hydrogen-bond acceptors (Lipinski definition) is 3. The molecule has 3 aromatic rings. The molecule has 4 rings (SSSR count). The smallest absolute Gasteiger partial charge is 0.312 e. The van der Waals surface area contributed by atoms with Crippen LogP contribution in [0.15, 0.2) is 84.9 Å². The van der Waals surface area contributed by atoms with Crippen LogP contribution in [0.4, 0.5) is 4.79 Å². The van der Waals surface area contributed by atoms with Gasteiger partial charge in [-0.2, -0.15) is 0 Å². The molecular formula is C26H28N4O2. The zero-order valence-corrected chi connectivity index (χ0v) is 18.0. The lowest BCUT2D eigenvalue weighted by Crippen LogP contribution is -2.49. The molecule has 0 aliphatic carbocycles. The van der Waals surface area contributed by atoms with Gasteiger partial charge < -0.3 is 16.0 Å². The van der Waals surface area contributed by atoms with E-state index in [0.29, 0.717) is 25.2 Å². The lowest BCUT2D eigenvalue weighted by Gasteiger charge is -2.39. The number of benzene rings is 3. The average molecular weight is 429 g/mol. The van der Waals surface area contributed by atoms with Crippen molar-refractivity contribution in [3.63, 3.8) is 0 Å². The van der Waals surface area contributed by atoms with Crippen molar-refractivity contribution in [2.24, 2.45) is 5.73 Å². The van der Waals surface area contributed by atoms with Gasteiger partial charge in [0.1, 0.15) is 0 Å². The van der Waals surface area contributed by atoms with Crippen LogP contribution in [0, 0.1) is 0 Å². The van der Waals surface area contributed by atoms with E-state index in [9.17, 15) is 9.59 Å². The number of urea groups is 1. The van der Waals surface area contributed by atoms with Crippen LogP contribution in [-0.4, -0.2) is 47.9 Å². The molecule has 32 heavy (non-hydrogen) atoms. The van der Waals surface area contributed by atoms with Crippen LogP contribution in [0.25, 0.3) is 0 Å². The van der Waals surface area contributed by atoms with Crippen LogP contribution in [-0.2, 0) is 6.54 Å². The number of hydrogen-bond donors (Lipinski definition) is 2. The highest BCUT2D eigenvalue weighted by atomic mass is 16.2. The second kappa shape index (κ2) is 10.1. The Bertz CT molecular complexity index is 991. The monoisotopic (exact) mass is 428 g/mol. The number of nitrogens with one attached hydrogen (secondary N) is 1. The molecule has 0 atom stereocenters. The van der Waals surface area contributed by atoms with Crippen LogP contribution < -0.4 is 11.1 Å². The molecule has 0 saturated carbocycles. The van der Waals surface area contributed by atoms with Crippen molar-refractivity contribution in [3.8, 4) is 0 Å². The largest absolute Gasteiger partial charge is 0.352 e. The number of carbonyl (C=O) groups is 2. The molecule has 0 unspecified atom stereocenters. The molecule has 1 heterocycles. The first kappa shape index (κ1) is 21.6. The third-order valence-corrected chi connectivity index (χ3v) is 5.86. The fraction of sp³-hybridized carbons (Fsp3) is 0.231. The number of amides is 3. The van der Waals surface area contributed by atoms with Crippen molar-refractivity contribution in [1.82, 2.24) is 15.1 Å². The van der Waals surface area contributed by atoms with Crippen LogP contribution >= 0.6 is 0 Å². The SMILES string of the molecule is NC(=O)NCc1ccc(C(=O)N2CCN(C(c3ccccc3)c3ccccc3)CC2)cc1. The summed E-state index contributed by atoms with van der Waals surface area (Å²) in [5, 5.41) is 2.55. The van der Waals surface area contributed by atoms with Gasteiger partial charge in [0.05, 0.1) is 6.04 Å².